The average Bonchev–Trinajstić information content (AvgIpc) is 3.19. The second-order valence-corrected chi connectivity index (χ2v) is 9.88. The van der Waals surface area contributed by atoms with Gasteiger partial charge in [0.15, 0.2) is 0 Å². The third-order valence-electron chi connectivity index (χ3n) is 5.97. The van der Waals surface area contributed by atoms with Crippen molar-refractivity contribution in [1.82, 2.24) is 14.9 Å². The minimum Gasteiger partial charge on any atom is -0.492 e. The number of benzene rings is 1. The molecule has 3 aromatic rings. The van der Waals surface area contributed by atoms with Gasteiger partial charge in [-0.3, -0.25) is 4.79 Å². The maximum Gasteiger partial charge on any atom is 0.209 e. The lowest BCUT2D eigenvalue weighted by molar-refractivity contribution is -0.118. The number of rotatable bonds is 7. The van der Waals surface area contributed by atoms with Gasteiger partial charge in [0.05, 0.1) is 17.7 Å². The Bertz CT molecular complexity index is 1160. The van der Waals surface area contributed by atoms with Gasteiger partial charge in [0.2, 0.25) is 6.41 Å². The van der Waals surface area contributed by atoms with Crippen molar-refractivity contribution < 1.29 is 9.53 Å². The van der Waals surface area contributed by atoms with Crippen molar-refractivity contribution in [2.75, 3.05) is 24.7 Å². The molecular formula is C25H34N6O2S. The van der Waals surface area contributed by atoms with Crippen LogP contribution in [-0.4, -0.2) is 47.2 Å². The summed E-state index contributed by atoms with van der Waals surface area (Å²) in [7, 11) is 1.76. The Balaban J connectivity index is 0.000000406. The van der Waals surface area contributed by atoms with Crippen LogP contribution in [0.3, 0.4) is 0 Å². The van der Waals surface area contributed by atoms with Crippen molar-refractivity contribution in [3.63, 3.8) is 0 Å². The molecule has 0 aliphatic heterocycles. The highest BCUT2D eigenvalue weighted by Crippen LogP contribution is 2.41. The molecule has 0 bridgehead atoms. The largest absolute Gasteiger partial charge is 0.492 e. The summed E-state index contributed by atoms with van der Waals surface area (Å²) in [4.78, 5) is 23.0. The molecule has 0 saturated heterocycles. The number of hydrogen-bond acceptors (Lipinski definition) is 8. The smallest absolute Gasteiger partial charge is 0.209 e. The van der Waals surface area contributed by atoms with Crippen LogP contribution in [0.1, 0.15) is 50.1 Å². The van der Waals surface area contributed by atoms with Gasteiger partial charge in [-0.2, -0.15) is 0 Å². The summed E-state index contributed by atoms with van der Waals surface area (Å²) in [5.74, 6) is 2.16. The molecule has 182 valence electrons. The van der Waals surface area contributed by atoms with Crippen LogP contribution >= 0.6 is 11.3 Å². The number of amides is 1. The Morgan fingerprint density at radius 1 is 1.38 bits per heavy atom. The number of aryl methyl sites for hydroxylation is 1. The van der Waals surface area contributed by atoms with E-state index < -0.39 is 0 Å². The average molecular weight is 483 g/mol. The van der Waals surface area contributed by atoms with Crippen molar-refractivity contribution >= 4 is 51.4 Å². The molecule has 1 amide bonds. The minimum absolute atomic E-state index is 0.331. The summed E-state index contributed by atoms with van der Waals surface area (Å²) in [5.41, 5.74) is 9.32. The highest BCUT2D eigenvalue weighted by atomic mass is 32.1. The van der Waals surface area contributed by atoms with E-state index in [9.17, 15) is 4.79 Å². The van der Waals surface area contributed by atoms with E-state index in [1.807, 2.05) is 26.8 Å². The van der Waals surface area contributed by atoms with Crippen LogP contribution in [0.25, 0.3) is 10.2 Å². The molecule has 1 unspecified atom stereocenters. The molecule has 4 N–H and O–H groups in total. The predicted octanol–water partition coefficient (Wildman–Crippen LogP) is 5.02. The van der Waals surface area contributed by atoms with Crippen molar-refractivity contribution in [1.29, 1.82) is 5.41 Å². The fraction of sp³-hybridized carbons (Fsp3) is 0.440. The number of ether oxygens (including phenoxy) is 1. The van der Waals surface area contributed by atoms with E-state index in [1.165, 1.54) is 23.1 Å². The second-order valence-electron chi connectivity index (χ2n) is 8.80. The third-order valence-corrected chi connectivity index (χ3v) is 7.13. The van der Waals surface area contributed by atoms with E-state index in [0.29, 0.717) is 35.6 Å². The van der Waals surface area contributed by atoms with Gasteiger partial charge in [-0.1, -0.05) is 6.92 Å². The molecule has 2 aromatic heterocycles. The summed E-state index contributed by atoms with van der Waals surface area (Å²) >= 11 is 1.77. The number of thiophene rings is 1. The number of anilines is 3. The molecule has 1 aliphatic carbocycles. The Hall–Kier alpha value is -3.20. The van der Waals surface area contributed by atoms with E-state index in [1.54, 1.807) is 35.7 Å². The van der Waals surface area contributed by atoms with Crippen LogP contribution in [0.5, 0.6) is 5.75 Å². The normalized spacial score (nSPS) is 14.7. The molecule has 1 atom stereocenters. The van der Waals surface area contributed by atoms with Gasteiger partial charge in [-0.05, 0) is 57.6 Å². The number of nitrogen functional groups attached to an aromatic ring is 1. The SMILES string of the molecule is CC(C)N(C)C=O.CCOc1cc(N)c(C=N)cc1Nc1ncnc2sc3c(c12)CCC(C)C3. The number of nitrogens with zero attached hydrogens (tertiary/aromatic N) is 3. The van der Waals surface area contributed by atoms with Crippen molar-refractivity contribution in [2.45, 2.75) is 53.0 Å². The lowest BCUT2D eigenvalue weighted by atomic mass is 9.89. The molecule has 1 aromatic carbocycles. The number of aromatic nitrogens is 2. The number of carbonyl (C=O) groups excluding carboxylic acids is 1. The Labute approximate surface area is 205 Å². The van der Waals surface area contributed by atoms with Crippen LogP contribution in [-0.2, 0) is 17.6 Å². The number of carbonyl (C=O) groups is 1. The first-order valence-corrected chi connectivity index (χ1v) is 12.4. The molecule has 8 nitrogen and oxygen atoms in total. The standard InChI is InChI=1S/C20H23N5OS.C5H11NO/c1-3-26-16-8-14(22)12(9-21)7-15(16)25-19-18-13-5-4-11(2)6-17(13)27-20(18)24-10-23-19;1-5(2)6(3)4-7/h7-11,21H,3-6,22H2,1-2H3,(H,23,24,25);4-5H,1-3H3. The summed E-state index contributed by atoms with van der Waals surface area (Å²) in [6.07, 6.45) is 7.04. The summed E-state index contributed by atoms with van der Waals surface area (Å²) in [6, 6.07) is 3.93. The highest BCUT2D eigenvalue weighted by Gasteiger charge is 2.23. The first-order valence-electron chi connectivity index (χ1n) is 11.5. The van der Waals surface area contributed by atoms with Crippen molar-refractivity contribution in [3.8, 4) is 5.75 Å². The zero-order chi connectivity index (χ0) is 24.8. The third kappa shape index (κ3) is 5.64. The van der Waals surface area contributed by atoms with Crippen LogP contribution in [0.15, 0.2) is 18.5 Å². The van der Waals surface area contributed by atoms with Crippen LogP contribution in [0.4, 0.5) is 17.2 Å². The summed E-state index contributed by atoms with van der Waals surface area (Å²) < 4.78 is 5.75. The van der Waals surface area contributed by atoms with Gasteiger partial charge in [0, 0.05) is 41.5 Å². The predicted molar refractivity (Wildman–Crippen MR) is 141 cm³/mol. The number of fused-ring (bicyclic) bond motifs is 3. The molecule has 2 heterocycles. The maximum atomic E-state index is 9.87. The minimum atomic E-state index is 0.331. The van der Waals surface area contributed by atoms with Crippen molar-refractivity contribution in [2.24, 2.45) is 5.92 Å². The van der Waals surface area contributed by atoms with Crippen LogP contribution < -0.4 is 15.8 Å². The van der Waals surface area contributed by atoms with Gasteiger partial charge >= 0.3 is 0 Å². The highest BCUT2D eigenvalue weighted by molar-refractivity contribution is 7.19. The molecule has 34 heavy (non-hydrogen) atoms. The topological polar surface area (TPSA) is 117 Å². The monoisotopic (exact) mass is 482 g/mol. The zero-order valence-corrected chi connectivity index (χ0v) is 21.3. The van der Waals surface area contributed by atoms with Gasteiger partial charge in [0.25, 0.3) is 0 Å². The Morgan fingerprint density at radius 2 is 2.15 bits per heavy atom. The van der Waals surface area contributed by atoms with Gasteiger partial charge in [-0.15, -0.1) is 11.3 Å². The van der Waals surface area contributed by atoms with Crippen molar-refractivity contribution in [3.05, 3.63) is 34.5 Å². The van der Waals surface area contributed by atoms with Crippen LogP contribution in [0, 0.1) is 11.3 Å². The quantitative estimate of drug-likeness (QED) is 0.247. The van der Waals surface area contributed by atoms with E-state index in [0.717, 1.165) is 41.0 Å². The van der Waals surface area contributed by atoms with E-state index >= 15 is 0 Å². The Morgan fingerprint density at radius 3 is 2.76 bits per heavy atom. The number of nitrogens with one attached hydrogen (secondary N) is 2. The maximum absolute atomic E-state index is 9.87. The molecule has 0 spiro atoms. The fourth-order valence-electron chi connectivity index (χ4n) is 3.73. The van der Waals surface area contributed by atoms with Gasteiger partial charge in [-0.25, -0.2) is 9.97 Å². The lowest BCUT2D eigenvalue weighted by Crippen LogP contribution is -2.23. The molecule has 0 saturated carbocycles. The van der Waals surface area contributed by atoms with E-state index in [-0.39, 0.29) is 0 Å². The number of nitrogens with two attached hydrogens (primary N) is 1. The van der Waals surface area contributed by atoms with E-state index in [4.69, 9.17) is 15.9 Å². The first kappa shape index (κ1) is 25.4. The summed E-state index contributed by atoms with van der Waals surface area (Å²) in [5, 5.41) is 12.1. The molecule has 0 fully saturated rings. The lowest BCUT2D eigenvalue weighted by Gasteiger charge is -2.19. The molecule has 9 heteroatoms. The Kier molecular flexibility index (Phi) is 8.44. The fourth-order valence-corrected chi connectivity index (χ4v) is 5.08. The molecule has 4 rings (SSSR count). The second kappa shape index (κ2) is 11.3. The molecule has 0 radical (unpaired) electrons. The van der Waals surface area contributed by atoms with Gasteiger partial charge in [0.1, 0.15) is 22.7 Å². The molecular weight excluding hydrogens is 448 g/mol. The summed E-state index contributed by atoms with van der Waals surface area (Å²) in [6.45, 7) is 8.70. The molecule has 1 aliphatic rings. The number of hydrogen-bond donors (Lipinski definition) is 3. The van der Waals surface area contributed by atoms with E-state index in [2.05, 4.69) is 22.2 Å². The van der Waals surface area contributed by atoms with Crippen LogP contribution in [0.2, 0.25) is 0 Å². The first-order chi connectivity index (χ1) is 16.3. The zero-order valence-electron chi connectivity index (χ0n) is 20.5. The van der Waals surface area contributed by atoms with Gasteiger partial charge < -0.3 is 26.1 Å².